The average molecular weight is 290 g/mol. The molecule has 0 aromatic heterocycles. The van der Waals surface area contributed by atoms with Crippen LogP contribution < -0.4 is 0 Å². The van der Waals surface area contributed by atoms with Crippen molar-refractivity contribution in [2.75, 3.05) is 18.6 Å². The summed E-state index contributed by atoms with van der Waals surface area (Å²) in [6.45, 7) is 4.00. The maximum atomic E-state index is 11.8. The van der Waals surface area contributed by atoms with Crippen LogP contribution in [-0.2, 0) is 20.3 Å². The summed E-state index contributed by atoms with van der Waals surface area (Å²) in [5.74, 6) is 0.642. The molecule has 4 heteroatoms. The van der Waals surface area contributed by atoms with E-state index in [1.807, 2.05) is 0 Å². The van der Waals surface area contributed by atoms with Gasteiger partial charge in [0.05, 0.1) is 13.0 Å². The molecular formula is C15H30O3S. The summed E-state index contributed by atoms with van der Waals surface area (Å²) in [5, 5.41) is 0. The number of hydrogen-bond donors (Lipinski definition) is 0. The van der Waals surface area contributed by atoms with Crippen LogP contribution in [0, 0.1) is 5.92 Å². The summed E-state index contributed by atoms with van der Waals surface area (Å²) in [4.78, 5) is 11.2. The van der Waals surface area contributed by atoms with Gasteiger partial charge in [0.25, 0.3) is 0 Å². The Kier molecular flexibility index (Phi) is 12.4. The molecule has 0 amide bonds. The average Bonchev–Trinajstić information content (AvgIpc) is 2.40. The van der Waals surface area contributed by atoms with Gasteiger partial charge >= 0.3 is 5.97 Å². The van der Waals surface area contributed by atoms with Crippen LogP contribution in [0.15, 0.2) is 0 Å². The van der Waals surface area contributed by atoms with E-state index in [9.17, 15) is 9.00 Å². The Labute approximate surface area is 120 Å². The smallest absolute Gasteiger partial charge is 0.309 e. The van der Waals surface area contributed by atoms with Crippen molar-refractivity contribution in [2.24, 2.45) is 5.92 Å². The lowest BCUT2D eigenvalue weighted by atomic mass is 10.1. The summed E-state index contributed by atoms with van der Waals surface area (Å²) in [6, 6.07) is 0. The van der Waals surface area contributed by atoms with Crippen LogP contribution in [0.5, 0.6) is 0 Å². The van der Waals surface area contributed by atoms with Crippen molar-refractivity contribution in [1.82, 2.24) is 0 Å². The zero-order valence-corrected chi connectivity index (χ0v) is 13.6. The minimum absolute atomic E-state index is 0.250. The van der Waals surface area contributed by atoms with Crippen molar-refractivity contribution in [3.8, 4) is 0 Å². The van der Waals surface area contributed by atoms with Gasteiger partial charge in [0.2, 0.25) is 0 Å². The van der Waals surface area contributed by atoms with Crippen LogP contribution in [0.4, 0.5) is 0 Å². The highest BCUT2D eigenvalue weighted by Crippen LogP contribution is 2.09. The van der Waals surface area contributed by atoms with Gasteiger partial charge in [0, 0.05) is 22.3 Å². The van der Waals surface area contributed by atoms with E-state index in [0.29, 0.717) is 5.75 Å². The molecule has 0 saturated carbocycles. The molecule has 0 heterocycles. The highest BCUT2D eigenvalue weighted by Gasteiger charge is 2.15. The first-order valence-corrected chi connectivity index (χ1v) is 9.03. The molecule has 0 aliphatic heterocycles. The molecule has 0 spiro atoms. The second-order valence-electron chi connectivity index (χ2n) is 5.21. The molecule has 0 aliphatic rings. The monoisotopic (exact) mass is 290 g/mol. The Bertz CT molecular complexity index is 254. The van der Waals surface area contributed by atoms with Gasteiger partial charge in [0.15, 0.2) is 0 Å². The van der Waals surface area contributed by atoms with Gasteiger partial charge < -0.3 is 4.74 Å². The maximum Gasteiger partial charge on any atom is 0.309 e. The zero-order chi connectivity index (χ0) is 14.5. The molecule has 114 valence electrons. The molecule has 0 saturated heterocycles. The summed E-state index contributed by atoms with van der Waals surface area (Å²) in [6.07, 6.45) is 10.0. The maximum absolute atomic E-state index is 11.8. The Morgan fingerprint density at radius 2 is 1.58 bits per heavy atom. The van der Waals surface area contributed by atoms with Crippen LogP contribution in [-0.4, -0.2) is 28.8 Å². The molecule has 0 N–H and O–H groups in total. The normalized spacial score (nSPS) is 14.1. The minimum atomic E-state index is -0.883. The van der Waals surface area contributed by atoms with Gasteiger partial charge in [0.1, 0.15) is 0 Å². The minimum Gasteiger partial charge on any atom is -0.469 e. The first-order chi connectivity index (χ1) is 9.11. The largest absolute Gasteiger partial charge is 0.469 e. The highest BCUT2D eigenvalue weighted by molar-refractivity contribution is 7.85. The summed E-state index contributed by atoms with van der Waals surface area (Å²) in [7, 11) is 0.492. The van der Waals surface area contributed by atoms with E-state index in [-0.39, 0.29) is 11.9 Å². The lowest BCUT2D eigenvalue weighted by Gasteiger charge is -2.08. The van der Waals surface area contributed by atoms with E-state index in [2.05, 4.69) is 11.7 Å². The van der Waals surface area contributed by atoms with Gasteiger partial charge in [-0.05, 0) is 6.42 Å². The van der Waals surface area contributed by atoms with Crippen LogP contribution >= 0.6 is 0 Å². The molecule has 0 rings (SSSR count). The second-order valence-corrected chi connectivity index (χ2v) is 6.83. The SMILES string of the molecule is CCCCCCCCCCS(=O)CC(C)C(=O)OC. The number of ether oxygens (including phenoxy) is 1. The van der Waals surface area contributed by atoms with Crippen molar-refractivity contribution in [2.45, 2.75) is 65.2 Å². The predicted octanol–water partition coefficient (Wildman–Crippen LogP) is 3.68. The Balaban J connectivity index is 3.41. The molecule has 0 aromatic rings. The summed E-state index contributed by atoms with van der Waals surface area (Å²) < 4.78 is 16.4. The molecule has 0 bridgehead atoms. The standard InChI is InChI=1S/C15H30O3S/c1-4-5-6-7-8-9-10-11-12-19(17)13-14(2)15(16)18-3/h14H,4-13H2,1-3H3. The fourth-order valence-electron chi connectivity index (χ4n) is 2.03. The van der Waals surface area contributed by atoms with Crippen molar-refractivity contribution >= 4 is 16.8 Å². The fraction of sp³-hybridized carbons (Fsp3) is 0.933. The number of unbranched alkanes of at least 4 members (excludes halogenated alkanes) is 7. The van der Waals surface area contributed by atoms with Gasteiger partial charge in [-0.3, -0.25) is 9.00 Å². The van der Waals surface area contributed by atoms with E-state index in [1.165, 1.54) is 45.6 Å². The molecular weight excluding hydrogens is 260 g/mol. The quantitative estimate of drug-likeness (QED) is 0.407. The third kappa shape index (κ3) is 11.2. The first kappa shape index (κ1) is 18.6. The Morgan fingerprint density at radius 3 is 2.11 bits per heavy atom. The molecule has 3 nitrogen and oxygen atoms in total. The highest BCUT2D eigenvalue weighted by atomic mass is 32.2. The molecule has 0 aliphatic carbocycles. The van der Waals surface area contributed by atoms with Crippen LogP contribution in [0.2, 0.25) is 0 Å². The van der Waals surface area contributed by atoms with Gasteiger partial charge in [-0.25, -0.2) is 0 Å². The molecule has 2 atom stereocenters. The third-order valence-electron chi connectivity index (χ3n) is 3.27. The number of rotatable bonds is 12. The van der Waals surface area contributed by atoms with Gasteiger partial charge in [-0.15, -0.1) is 0 Å². The molecule has 19 heavy (non-hydrogen) atoms. The summed E-state index contributed by atoms with van der Waals surface area (Å²) >= 11 is 0. The summed E-state index contributed by atoms with van der Waals surface area (Å²) in [5.41, 5.74) is 0. The molecule has 2 unspecified atom stereocenters. The van der Waals surface area contributed by atoms with Crippen molar-refractivity contribution in [1.29, 1.82) is 0 Å². The van der Waals surface area contributed by atoms with E-state index in [1.54, 1.807) is 6.92 Å². The number of hydrogen-bond acceptors (Lipinski definition) is 3. The van der Waals surface area contributed by atoms with E-state index >= 15 is 0 Å². The molecule has 0 radical (unpaired) electrons. The van der Waals surface area contributed by atoms with Gasteiger partial charge in [-0.2, -0.15) is 0 Å². The van der Waals surface area contributed by atoms with Crippen molar-refractivity contribution in [3.63, 3.8) is 0 Å². The van der Waals surface area contributed by atoms with E-state index < -0.39 is 10.8 Å². The zero-order valence-electron chi connectivity index (χ0n) is 12.8. The predicted molar refractivity (Wildman–Crippen MR) is 81.7 cm³/mol. The van der Waals surface area contributed by atoms with E-state index in [0.717, 1.165) is 18.6 Å². The van der Waals surface area contributed by atoms with Crippen LogP contribution in [0.3, 0.4) is 0 Å². The Morgan fingerprint density at radius 1 is 1.05 bits per heavy atom. The lowest BCUT2D eigenvalue weighted by molar-refractivity contribution is -0.144. The van der Waals surface area contributed by atoms with Crippen molar-refractivity contribution in [3.05, 3.63) is 0 Å². The van der Waals surface area contributed by atoms with Crippen LogP contribution in [0.25, 0.3) is 0 Å². The lowest BCUT2D eigenvalue weighted by Crippen LogP contribution is -2.20. The topological polar surface area (TPSA) is 43.4 Å². The third-order valence-corrected chi connectivity index (χ3v) is 4.88. The first-order valence-electron chi connectivity index (χ1n) is 7.54. The fourth-order valence-corrected chi connectivity index (χ4v) is 3.41. The second kappa shape index (κ2) is 12.6. The van der Waals surface area contributed by atoms with Crippen LogP contribution in [0.1, 0.15) is 65.2 Å². The number of carbonyl (C=O) groups is 1. The number of carbonyl (C=O) groups excluding carboxylic acids is 1. The van der Waals surface area contributed by atoms with E-state index in [4.69, 9.17) is 0 Å². The van der Waals surface area contributed by atoms with Gasteiger partial charge in [-0.1, -0.05) is 58.8 Å². The molecule has 0 aromatic carbocycles. The van der Waals surface area contributed by atoms with Crippen molar-refractivity contribution < 1.29 is 13.7 Å². The molecule has 0 fully saturated rings. The number of methoxy groups -OCH3 is 1. The number of esters is 1. The Hall–Kier alpha value is -0.380.